The SMILES string of the molecule is C=CC[n+]1ccc(SCC2=C(C(=O)O)N3C(=O)C(NC(=O)C(=NOC(C)(C)C(=O)O)c4csc(N)n4)[C@@H]3SC2)c2cc(F)c(N3CCNCC3C)cc21. The summed E-state index contributed by atoms with van der Waals surface area (Å²) in [5.74, 6) is -4.06. The number of fused-ring (bicyclic) bond motifs is 2. The van der Waals surface area contributed by atoms with Crippen molar-refractivity contribution in [2.45, 2.75) is 55.3 Å². The van der Waals surface area contributed by atoms with Crippen molar-refractivity contribution in [1.29, 1.82) is 0 Å². The molecule has 2 unspecified atom stereocenters. The summed E-state index contributed by atoms with van der Waals surface area (Å²) in [6, 6.07) is 4.23. The fourth-order valence-corrected chi connectivity index (χ4v) is 9.19. The Balaban J connectivity index is 1.23. The van der Waals surface area contributed by atoms with Crippen LogP contribution in [0.2, 0.25) is 0 Å². The molecule has 2 amide bonds. The largest absolute Gasteiger partial charge is 0.478 e. The number of aromatic nitrogens is 2. The van der Waals surface area contributed by atoms with Gasteiger partial charge in [-0.2, -0.15) is 4.57 Å². The summed E-state index contributed by atoms with van der Waals surface area (Å²) < 4.78 is 17.8. The van der Waals surface area contributed by atoms with Gasteiger partial charge in [0, 0.05) is 59.6 Å². The average Bonchev–Trinajstić information content (AvgIpc) is 3.55. The number of hydrogen-bond donors (Lipinski definition) is 5. The van der Waals surface area contributed by atoms with Crippen molar-refractivity contribution < 1.29 is 43.2 Å². The minimum absolute atomic E-state index is 0.00875. The van der Waals surface area contributed by atoms with E-state index in [0.29, 0.717) is 29.7 Å². The van der Waals surface area contributed by atoms with Crippen LogP contribution >= 0.6 is 34.9 Å². The Morgan fingerprint density at radius 1 is 1.34 bits per heavy atom. The number of nitrogen functional groups attached to an aromatic ring is 1. The number of anilines is 2. The zero-order chi connectivity index (χ0) is 38.2. The molecule has 53 heavy (non-hydrogen) atoms. The van der Waals surface area contributed by atoms with Crippen molar-refractivity contribution >= 4 is 86.0 Å². The predicted molar refractivity (Wildman–Crippen MR) is 200 cm³/mol. The number of thioether (sulfide) groups is 2. The Kier molecular flexibility index (Phi) is 11.0. The number of nitrogens with one attached hydrogen (secondary N) is 2. The zero-order valence-corrected chi connectivity index (χ0v) is 31.4. The molecule has 2 fully saturated rings. The number of amides is 2. The number of carboxylic acids is 2. The first-order valence-corrected chi connectivity index (χ1v) is 19.4. The monoisotopic (exact) mass is 785 g/mol. The van der Waals surface area contributed by atoms with E-state index in [1.807, 2.05) is 29.8 Å². The number of oxime groups is 1. The molecule has 6 rings (SSSR count). The standard InChI is InChI=1S/C34H37FN8O7S3/c1-5-8-41-9-6-24(19-11-20(35)23(12-22(19)41)42-10-7-37-13-17(42)2)51-14-18-15-52-30-26(29(45)43(30)27(18)31(46)47)39-28(44)25(21-16-53-33(36)38-21)40-50-34(3,4)32(48)49/h5-6,9,11-12,16-17,26,30,37H,1,7-8,10,13-15H2,2-4H3,(H4-,36,38,39,44,46,47,48,49)/p+1/t17?,26?,30-/m0/s1. The second-order valence-electron chi connectivity index (χ2n) is 13.0. The molecule has 3 aromatic rings. The normalized spacial score (nSPS) is 20.6. The number of halogens is 1. The quantitative estimate of drug-likeness (QED) is 0.0423. The number of thiazole rings is 1. The highest BCUT2D eigenvalue weighted by atomic mass is 32.2. The number of carbonyl (C=O) groups is 4. The fraction of sp³-hybridized carbons (Fsp3) is 0.382. The highest BCUT2D eigenvalue weighted by Crippen LogP contribution is 2.42. The smallest absolute Gasteiger partial charge is 0.352 e. The third-order valence-electron chi connectivity index (χ3n) is 8.98. The van der Waals surface area contributed by atoms with Crippen LogP contribution in [-0.2, 0) is 30.6 Å². The Morgan fingerprint density at radius 3 is 2.77 bits per heavy atom. The van der Waals surface area contributed by atoms with Gasteiger partial charge in [-0.05, 0) is 38.5 Å². The van der Waals surface area contributed by atoms with Gasteiger partial charge in [-0.15, -0.1) is 34.9 Å². The molecule has 0 aliphatic carbocycles. The van der Waals surface area contributed by atoms with Crippen molar-refractivity contribution in [3.05, 3.63) is 65.2 Å². The Bertz CT molecular complexity index is 2070. The molecule has 2 aromatic heterocycles. The summed E-state index contributed by atoms with van der Waals surface area (Å²) in [5.41, 5.74) is 5.20. The van der Waals surface area contributed by atoms with E-state index in [1.54, 1.807) is 6.08 Å². The van der Waals surface area contributed by atoms with Crippen molar-refractivity contribution in [2.75, 3.05) is 41.8 Å². The van der Waals surface area contributed by atoms with Crippen molar-refractivity contribution in [3.8, 4) is 0 Å². The second-order valence-corrected chi connectivity index (χ2v) is 16.0. The van der Waals surface area contributed by atoms with Crippen molar-refractivity contribution in [3.63, 3.8) is 0 Å². The predicted octanol–water partition coefficient (Wildman–Crippen LogP) is 2.40. The molecular weight excluding hydrogens is 748 g/mol. The maximum atomic E-state index is 15.8. The van der Waals surface area contributed by atoms with Gasteiger partial charge in [0.15, 0.2) is 23.6 Å². The molecule has 5 heterocycles. The van der Waals surface area contributed by atoms with Crippen LogP contribution in [0.3, 0.4) is 0 Å². The van der Waals surface area contributed by atoms with Gasteiger partial charge in [0.2, 0.25) is 11.1 Å². The molecule has 2 saturated heterocycles. The molecular formula is C34H38FN8O7S3+. The molecule has 0 saturated carbocycles. The number of allylic oxidation sites excluding steroid dienone is 1. The van der Waals surface area contributed by atoms with Crippen LogP contribution in [0.4, 0.5) is 15.2 Å². The molecule has 1 aromatic carbocycles. The third-order valence-corrected chi connectivity index (χ3v) is 12.2. The number of carboxylic acid groups (broad SMARTS) is 2. The van der Waals surface area contributed by atoms with Gasteiger partial charge in [0.05, 0.1) is 11.1 Å². The molecule has 3 aliphatic rings. The molecule has 280 valence electrons. The first-order valence-electron chi connectivity index (χ1n) is 16.5. The summed E-state index contributed by atoms with van der Waals surface area (Å²) in [6.07, 6.45) is 3.66. The van der Waals surface area contributed by atoms with E-state index in [9.17, 15) is 29.4 Å². The van der Waals surface area contributed by atoms with Gasteiger partial charge >= 0.3 is 11.9 Å². The minimum Gasteiger partial charge on any atom is -0.478 e. The Morgan fingerprint density at radius 2 is 2.11 bits per heavy atom. The number of piperazine rings is 1. The van der Waals surface area contributed by atoms with Crippen LogP contribution in [0, 0.1) is 5.82 Å². The minimum atomic E-state index is -1.79. The summed E-state index contributed by atoms with van der Waals surface area (Å²) in [7, 11) is 0. The van der Waals surface area contributed by atoms with Crippen LogP contribution in [0.25, 0.3) is 10.9 Å². The van der Waals surface area contributed by atoms with E-state index in [1.165, 1.54) is 48.8 Å². The average molecular weight is 786 g/mol. The van der Waals surface area contributed by atoms with Crippen LogP contribution in [0.1, 0.15) is 26.5 Å². The lowest BCUT2D eigenvalue weighted by Crippen LogP contribution is -2.71. The van der Waals surface area contributed by atoms with Crippen molar-refractivity contribution in [2.24, 2.45) is 5.16 Å². The van der Waals surface area contributed by atoms with Crippen molar-refractivity contribution in [1.82, 2.24) is 20.5 Å². The molecule has 0 spiro atoms. The number of benzene rings is 1. The molecule has 3 atom stereocenters. The highest BCUT2D eigenvalue weighted by Gasteiger charge is 2.54. The van der Waals surface area contributed by atoms with Crippen LogP contribution in [0.15, 0.2) is 63.8 Å². The van der Waals surface area contributed by atoms with E-state index in [-0.39, 0.29) is 39.9 Å². The maximum Gasteiger partial charge on any atom is 0.352 e. The number of carbonyl (C=O) groups excluding carboxylic acids is 2. The van der Waals surface area contributed by atoms with Gasteiger partial charge in [-0.1, -0.05) is 11.7 Å². The van der Waals surface area contributed by atoms with E-state index in [0.717, 1.165) is 39.7 Å². The van der Waals surface area contributed by atoms with Crippen LogP contribution in [-0.4, -0.2) is 104 Å². The number of β-lactam (4-membered cyclic amide) rings is 1. The lowest BCUT2D eigenvalue weighted by molar-refractivity contribution is -0.661. The number of nitrogens with zero attached hydrogens (tertiary/aromatic N) is 5. The maximum absolute atomic E-state index is 15.8. The topological polar surface area (TPSA) is 204 Å². The molecule has 19 heteroatoms. The Hall–Kier alpha value is -4.72. The first kappa shape index (κ1) is 38.0. The van der Waals surface area contributed by atoms with E-state index in [2.05, 4.69) is 32.3 Å². The van der Waals surface area contributed by atoms with Crippen LogP contribution < -0.4 is 25.8 Å². The number of hydrogen-bond acceptors (Lipinski definition) is 13. The zero-order valence-electron chi connectivity index (χ0n) is 29.0. The number of aliphatic carboxylic acids is 2. The highest BCUT2D eigenvalue weighted by molar-refractivity contribution is 8.01. The van der Waals surface area contributed by atoms with Crippen LogP contribution in [0.5, 0.6) is 0 Å². The van der Waals surface area contributed by atoms with Gasteiger partial charge in [-0.25, -0.2) is 19.0 Å². The molecule has 15 nitrogen and oxygen atoms in total. The molecule has 3 aliphatic heterocycles. The van der Waals surface area contributed by atoms with E-state index >= 15 is 4.39 Å². The summed E-state index contributed by atoms with van der Waals surface area (Å²) in [4.78, 5) is 64.2. The number of pyridine rings is 1. The number of rotatable bonds is 13. The summed E-state index contributed by atoms with van der Waals surface area (Å²) >= 11 is 3.65. The van der Waals surface area contributed by atoms with E-state index < -0.39 is 46.5 Å². The molecule has 6 N–H and O–H groups in total. The number of nitrogens with two attached hydrogens (primary N) is 1. The summed E-state index contributed by atoms with van der Waals surface area (Å²) in [5, 5.41) is 30.9. The van der Waals surface area contributed by atoms with Gasteiger partial charge < -0.3 is 36.3 Å². The summed E-state index contributed by atoms with van der Waals surface area (Å²) in [6.45, 7) is 11.1. The lowest BCUT2D eigenvalue weighted by atomic mass is 10.0. The third kappa shape index (κ3) is 7.55. The van der Waals surface area contributed by atoms with Gasteiger partial charge in [-0.3, -0.25) is 14.5 Å². The van der Waals surface area contributed by atoms with Gasteiger partial charge in [0.1, 0.15) is 28.6 Å². The lowest BCUT2D eigenvalue weighted by Gasteiger charge is -2.49. The molecule has 0 radical (unpaired) electrons. The first-order chi connectivity index (χ1) is 25.2. The van der Waals surface area contributed by atoms with Gasteiger partial charge in [0.25, 0.3) is 11.8 Å². The van der Waals surface area contributed by atoms with E-state index in [4.69, 9.17) is 10.6 Å². The second kappa shape index (κ2) is 15.3. The molecule has 0 bridgehead atoms. The Labute approximate surface area is 316 Å². The fourth-order valence-electron chi connectivity index (χ4n) is 6.13.